The van der Waals surface area contributed by atoms with Crippen LogP contribution in [0.5, 0.6) is 0 Å². The maximum Gasteiger partial charge on any atom is 0.335 e. The Bertz CT molecular complexity index is 573. The van der Waals surface area contributed by atoms with E-state index in [9.17, 15) is 4.79 Å². The van der Waals surface area contributed by atoms with E-state index in [1.165, 1.54) is 5.56 Å². The Morgan fingerprint density at radius 1 is 1.11 bits per heavy atom. The fourth-order valence-electron chi connectivity index (χ4n) is 2.21. The largest absolute Gasteiger partial charge is 0.478 e. The molecule has 0 unspecified atom stereocenters. The number of benzene rings is 2. The summed E-state index contributed by atoms with van der Waals surface area (Å²) in [6, 6.07) is 15.4. The van der Waals surface area contributed by atoms with Gasteiger partial charge >= 0.3 is 5.97 Å². The Balaban J connectivity index is 2.40. The smallest absolute Gasteiger partial charge is 0.335 e. The number of unbranched alkanes of at least 4 members (excludes halogenated alkanes) is 1. The van der Waals surface area contributed by atoms with Gasteiger partial charge in [-0.1, -0.05) is 49.7 Å². The van der Waals surface area contributed by atoms with Crippen LogP contribution >= 0.6 is 0 Å². The normalized spacial score (nSPS) is 10.4. The standard InChI is InChI=1S/C17H18O2/c1-2-3-7-13-8-4-5-11-16(13)14-9-6-10-15(12-14)17(18)19/h4-6,8-12H,2-3,7H2,1H3,(H,18,19). The Kier molecular flexibility index (Phi) is 4.35. The van der Waals surface area contributed by atoms with Gasteiger partial charge in [0.2, 0.25) is 0 Å². The van der Waals surface area contributed by atoms with Crippen molar-refractivity contribution in [1.29, 1.82) is 0 Å². The molecule has 0 radical (unpaired) electrons. The van der Waals surface area contributed by atoms with Crippen molar-refractivity contribution in [1.82, 2.24) is 0 Å². The number of hydrogen-bond donors (Lipinski definition) is 1. The van der Waals surface area contributed by atoms with E-state index in [0.29, 0.717) is 5.56 Å². The summed E-state index contributed by atoms with van der Waals surface area (Å²) in [4.78, 5) is 11.0. The third-order valence-corrected chi connectivity index (χ3v) is 3.24. The summed E-state index contributed by atoms with van der Waals surface area (Å²) in [5.41, 5.74) is 3.74. The van der Waals surface area contributed by atoms with E-state index in [2.05, 4.69) is 19.1 Å². The molecular weight excluding hydrogens is 236 g/mol. The molecule has 1 N–H and O–H groups in total. The molecule has 19 heavy (non-hydrogen) atoms. The zero-order valence-corrected chi connectivity index (χ0v) is 11.1. The third kappa shape index (κ3) is 3.22. The molecule has 2 rings (SSSR count). The summed E-state index contributed by atoms with van der Waals surface area (Å²) in [5.74, 6) is -0.882. The lowest BCUT2D eigenvalue weighted by Gasteiger charge is -2.10. The topological polar surface area (TPSA) is 37.3 Å². The number of carboxylic acids is 1. The van der Waals surface area contributed by atoms with Crippen molar-refractivity contribution in [2.45, 2.75) is 26.2 Å². The summed E-state index contributed by atoms with van der Waals surface area (Å²) < 4.78 is 0. The molecule has 2 aromatic carbocycles. The van der Waals surface area contributed by atoms with Crippen LogP contribution in [0, 0.1) is 0 Å². The summed E-state index contributed by atoms with van der Waals surface area (Å²) in [6.45, 7) is 2.17. The lowest BCUT2D eigenvalue weighted by molar-refractivity contribution is 0.0697. The Morgan fingerprint density at radius 3 is 2.63 bits per heavy atom. The number of aromatic carboxylic acids is 1. The van der Waals surface area contributed by atoms with Gasteiger partial charge in [0.1, 0.15) is 0 Å². The molecule has 0 aromatic heterocycles. The van der Waals surface area contributed by atoms with Gasteiger partial charge in [-0.15, -0.1) is 0 Å². The molecule has 0 saturated heterocycles. The van der Waals surface area contributed by atoms with Crippen LogP contribution in [0.15, 0.2) is 48.5 Å². The SMILES string of the molecule is CCCCc1ccccc1-c1cccc(C(=O)O)c1. The predicted molar refractivity (Wildman–Crippen MR) is 77.4 cm³/mol. The average Bonchev–Trinajstić information content (AvgIpc) is 2.45. The number of aryl methyl sites for hydroxylation is 1. The van der Waals surface area contributed by atoms with Crippen molar-refractivity contribution in [2.75, 3.05) is 0 Å². The molecule has 2 aromatic rings. The van der Waals surface area contributed by atoms with Gasteiger partial charge in [-0.3, -0.25) is 0 Å². The highest BCUT2D eigenvalue weighted by Crippen LogP contribution is 2.25. The summed E-state index contributed by atoms with van der Waals surface area (Å²) >= 11 is 0. The first-order valence-electron chi connectivity index (χ1n) is 6.64. The lowest BCUT2D eigenvalue weighted by atomic mass is 9.95. The minimum Gasteiger partial charge on any atom is -0.478 e. The van der Waals surface area contributed by atoms with Gasteiger partial charge in [-0.25, -0.2) is 4.79 Å². The predicted octanol–water partition coefficient (Wildman–Crippen LogP) is 4.39. The van der Waals surface area contributed by atoms with Gasteiger partial charge in [-0.05, 0) is 41.7 Å². The van der Waals surface area contributed by atoms with Crippen LogP contribution in [0.4, 0.5) is 0 Å². The first-order chi connectivity index (χ1) is 9.22. The van der Waals surface area contributed by atoms with Crippen LogP contribution in [-0.4, -0.2) is 11.1 Å². The molecule has 0 aliphatic heterocycles. The van der Waals surface area contributed by atoms with Crippen molar-refractivity contribution in [3.8, 4) is 11.1 Å². The molecule has 2 nitrogen and oxygen atoms in total. The first kappa shape index (κ1) is 13.3. The van der Waals surface area contributed by atoms with Gasteiger partial charge in [0, 0.05) is 0 Å². The number of carboxylic acid groups (broad SMARTS) is 1. The summed E-state index contributed by atoms with van der Waals surface area (Å²) in [6.07, 6.45) is 3.34. The van der Waals surface area contributed by atoms with Crippen molar-refractivity contribution >= 4 is 5.97 Å². The zero-order chi connectivity index (χ0) is 13.7. The van der Waals surface area contributed by atoms with E-state index in [0.717, 1.165) is 30.4 Å². The molecule has 0 heterocycles. The molecular formula is C17H18O2. The van der Waals surface area contributed by atoms with E-state index in [1.807, 2.05) is 18.2 Å². The van der Waals surface area contributed by atoms with Gasteiger partial charge in [0.25, 0.3) is 0 Å². The molecule has 0 saturated carbocycles. The fourth-order valence-corrected chi connectivity index (χ4v) is 2.21. The minimum absolute atomic E-state index is 0.336. The van der Waals surface area contributed by atoms with E-state index in [4.69, 9.17) is 5.11 Å². The Labute approximate surface area is 113 Å². The highest BCUT2D eigenvalue weighted by atomic mass is 16.4. The monoisotopic (exact) mass is 254 g/mol. The quantitative estimate of drug-likeness (QED) is 0.859. The van der Waals surface area contributed by atoms with Gasteiger partial charge in [0.05, 0.1) is 5.56 Å². The Hall–Kier alpha value is -2.09. The number of carbonyl (C=O) groups is 1. The lowest BCUT2D eigenvalue weighted by Crippen LogP contribution is -1.97. The van der Waals surface area contributed by atoms with E-state index in [-0.39, 0.29) is 0 Å². The molecule has 0 aliphatic rings. The highest BCUT2D eigenvalue weighted by Gasteiger charge is 2.07. The van der Waals surface area contributed by atoms with Crippen LogP contribution in [-0.2, 0) is 6.42 Å². The van der Waals surface area contributed by atoms with Crippen LogP contribution < -0.4 is 0 Å². The summed E-state index contributed by atoms with van der Waals surface area (Å²) in [7, 11) is 0. The van der Waals surface area contributed by atoms with Crippen LogP contribution in [0.1, 0.15) is 35.7 Å². The van der Waals surface area contributed by atoms with Crippen molar-refractivity contribution in [2.24, 2.45) is 0 Å². The van der Waals surface area contributed by atoms with Crippen molar-refractivity contribution in [3.63, 3.8) is 0 Å². The number of hydrogen-bond acceptors (Lipinski definition) is 1. The molecule has 0 bridgehead atoms. The van der Waals surface area contributed by atoms with Crippen LogP contribution in [0.3, 0.4) is 0 Å². The average molecular weight is 254 g/mol. The highest BCUT2D eigenvalue weighted by molar-refractivity contribution is 5.89. The third-order valence-electron chi connectivity index (χ3n) is 3.24. The second-order valence-electron chi connectivity index (χ2n) is 4.65. The molecule has 0 atom stereocenters. The number of rotatable bonds is 5. The van der Waals surface area contributed by atoms with E-state index < -0.39 is 5.97 Å². The Morgan fingerprint density at radius 2 is 1.89 bits per heavy atom. The maximum atomic E-state index is 11.0. The molecule has 2 heteroatoms. The molecule has 0 spiro atoms. The summed E-state index contributed by atoms with van der Waals surface area (Å²) in [5, 5.41) is 9.07. The van der Waals surface area contributed by atoms with Gasteiger partial charge in [0.15, 0.2) is 0 Å². The minimum atomic E-state index is -0.882. The van der Waals surface area contributed by atoms with E-state index >= 15 is 0 Å². The second-order valence-corrected chi connectivity index (χ2v) is 4.65. The fraction of sp³-hybridized carbons (Fsp3) is 0.235. The molecule has 0 aliphatic carbocycles. The van der Waals surface area contributed by atoms with Crippen LogP contribution in [0.2, 0.25) is 0 Å². The van der Waals surface area contributed by atoms with Crippen molar-refractivity contribution in [3.05, 3.63) is 59.7 Å². The van der Waals surface area contributed by atoms with Gasteiger partial charge in [-0.2, -0.15) is 0 Å². The molecule has 0 amide bonds. The first-order valence-corrected chi connectivity index (χ1v) is 6.64. The molecule has 0 fully saturated rings. The maximum absolute atomic E-state index is 11.0. The van der Waals surface area contributed by atoms with E-state index in [1.54, 1.807) is 18.2 Å². The van der Waals surface area contributed by atoms with Gasteiger partial charge < -0.3 is 5.11 Å². The molecule has 98 valence electrons. The zero-order valence-electron chi connectivity index (χ0n) is 11.1. The second kappa shape index (κ2) is 6.19. The van der Waals surface area contributed by atoms with Crippen molar-refractivity contribution < 1.29 is 9.90 Å². The van der Waals surface area contributed by atoms with Crippen LogP contribution in [0.25, 0.3) is 11.1 Å².